The van der Waals surface area contributed by atoms with Gasteiger partial charge in [0.05, 0.1) is 18.1 Å². The number of aryl methyl sites for hydroxylation is 1. The van der Waals surface area contributed by atoms with E-state index in [2.05, 4.69) is 74.3 Å². The first-order valence-corrected chi connectivity index (χ1v) is 16.2. The highest BCUT2D eigenvalue weighted by Crippen LogP contribution is 2.57. The van der Waals surface area contributed by atoms with E-state index >= 15 is 0 Å². The van der Waals surface area contributed by atoms with Gasteiger partial charge in [0.25, 0.3) is 5.69 Å². The monoisotopic (exact) mass is 581 g/mol. The number of nitro benzene ring substituents is 1. The van der Waals surface area contributed by atoms with Gasteiger partial charge in [0.2, 0.25) is 0 Å². The molecule has 6 heteroatoms. The lowest BCUT2D eigenvalue weighted by Gasteiger charge is -2.55. The number of nitro groups is 1. The Morgan fingerprint density at radius 3 is 2.58 bits per heavy atom. The first kappa shape index (κ1) is 29.8. The van der Waals surface area contributed by atoms with Crippen LogP contribution < -0.4 is 5.32 Å². The van der Waals surface area contributed by atoms with Crippen LogP contribution in [0.1, 0.15) is 81.5 Å². The molecule has 1 N–H and O–H groups in total. The minimum Gasteiger partial charge on any atom is -0.379 e. The minimum atomic E-state index is -0.236. The number of fused-ring (bicyclic) bond motifs is 3. The standard InChI is InChI=1S/C37H47N3O3/c1-26(2)28-9-12-32-31(22-28)11-14-35-36(3,15-6-16-37(32,35)4)25-38-33-13-10-30(23-34(33)40(41)42)29-8-5-7-27(21-29)24-39-17-19-43-20-18-39/h5,7-10,12-13,21-23,26,35,38H,6,11,14-20,24-25H2,1-4H3/t35-,36+,37+/m0/s1. The van der Waals surface area contributed by atoms with E-state index < -0.39 is 0 Å². The van der Waals surface area contributed by atoms with Crippen molar-refractivity contribution in [2.75, 3.05) is 38.2 Å². The number of benzene rings is 3. The smallest absolute Gasteiger partial charge is 0.292 e. The fraction of sp³-hybridized carbons (Fsp3) is 0.514. The summed E-state index contributed by atoms with van der Waals surface area (Å²) >= 11 is 0. The Balaban J connectivity index is 1.21. The fourth-order valence-electron chi connectivity index (χ4n) is 8.39. The molecule has 0 radical (unpaired) electrons. The molecule has 43 heavy (non-hydrogen) atoms. The Labute approximate surface area is 257 Å². The van der Waals surface area contributed by atoms with Crippen LogP contribution in [0.15, 0.2) is 60.7 Å². The predicted octanol–water partition coefficient (Wildman–Crippen LogP) is 8.34. The highest BCUT2D eigenvalue weighted by Gasteiger charge is 2.51. The summed E-state index contributed by atoms with van der Waals surface area (Å²) in [6.45, 7) is 14.4. The van der Waals surface area contributed by atoms with E-state index in [1.165, 1.54) is 41.5 Å². The molecule has 0 spiro atoms. The molecule has 1 saturated carbocycles. The van der Waals surface area contributed by atoms with Crippen LogP contribution in [-0.4, -0.2) is 42.7 Å². The van der Waals surface area contributed by atoms with Crippen molar-refractivity contribution < 1.29 is 9.66 Å². The summed E-state index contributed by atoms with van der Waals surface area (Å²) in [5.74, 6) is 1.07. The Hall–Kier alpha value is -3.22. The van der Waals surface area contributed by atoms with Gasteiger partial charge >= 0.3 is 0 Å². The number of anilines is 1. The molecule has 3 aromatic rings. The summed E-state index contributed by atoms with van der Waals surface area (Å²) in [5, 5.41) is 15.9. The first-order chi connectivity index (χ1) is 20.7. The minimum absolute atomic E-state index is 0.0573. The van der Waals surface area contributed by atoms with Crippen LogP contribution in [0, 0.1) is 21.4 Å². The molecule has 6 nitrogen and oxygen atoms in total. The van der Waals surface area contributed by atoms with Gasteiger partial charge in [-0.25, -0.2) is 0 Å². The van der Waals surface area contributed by atoms with E-state index in [-0.39, 0.29) is 21.4 Å². The summed E-state index contributed by atoms with van der Waals surface area (Å²) in [4.78, 5) is 14.5. The second-order valence-electron chi connectivity index (χ2n) is 14.0. The van der Waals surface area contributed by atoms with Crippen LogP contribution in [0.4, 0.5) is 11.4 Å². The molecule has 2 aliphatic carbocycles. The van der Waals surface area contributed by atoms with Crippen LogP contribution in [0.25, 0.3) is 11.1 Å². The largest absolute Gasteiger partial charge is 0.379 e. The third-order valence-electron chi connectivity index (χ3n) is 10.8. The second kappa shape index (κ2) is 12.0. The van der Waals surface area contributed by atoms with E-state index in [0.717, 1.165) is 63.4 Å². The SMILES string of the molecule is CC(C)c1ccc2c(c1)CC[C@H]1[C@@](C)(CNc3ccc(-c4cccc(CN5CCOCC5)c4)cc3[N+](=O)[O-])CCC[C@]21C. The third kappa shape index (κ3) is 5.97. The predicted molar refractivity (Wildman–Crippen MR) is 175 cm³/mol. The number of nitrogens with zero attached hydrogens (tertiary/aromatic N) is 2. The van der Waals surface area contributed by atoms with E-state index in [1.54, 1.807) is 6.07 Å². The summed E-state index contributed by atoms with van der Waals surface area (Å²) in [7, 11) is 0. The number of ether oxygens (including phenoxy) is 1. The zero-order valence-corrected chi connectivity index (χ0v) is 26.3. The van der Waals surface area contributed by atoms with Crippen LogP contribution >= 0.6 is 0 Å². The average molecular weight is 582 g/mol. The topological polar surface area (TPSA) is 67.6 Å². The van der Waals surface area contributed by atoms with Crippen molar-refractivity contribution in [3.8, 4) is 11.1 Å². The normalized spacial score (nSPS) is 25.7. The summed E-state index contributed by atoms with van der Waals surface area (Å²) in [6, 6.07) is 21.3. The Morgan fingerprint density at radius 1 is 1.02 bits per heavy atom. The molecule has 0 bridgehead atoms. The van der Waals surface area contributed by atoms with E-state index in [0.29, 0.717) is 17.5 Å². The van der Waals surface area contributed by atoms with Crippen LogP contribution in [-0.2, 0) is 23.1 Å². The van der Waals surface area contributed by atoms with Gasteiger partial charge in [-0.15, -0.1) is 0 Å². The van der Waals surface area contributed by atoms with E-state index in [9.17, 15) is 10.1 Å². The van der Waals surface area contributed by atoms with Gasteiger partial charge in [0.15, 0.2) is 0 Å². The van der Waals surface area contributed by atoms with Crippen LogP contribution in [0.5, 0.6) is 0 Å². The van der Waals surface area contributed by atoms with Crippen molar-refractivity contribution in [1.29, 1.82) is 0 Å². The quantitative estimate of drug-likeness (QED) is 0.214. The highest BCUT2D eigenvalue weighted by molar-refractivity contribution is 5.74. The summed E-state index contributed by atoms with van der Waals surface area (Å²) < 4.78 is 5.49. The Morgan fingerprint density at radius 2 is 1.81 bits per heavy atom. The number of rotatable bonds is 8. The molecule has 1 saturated heterocycles. The van der Waals surface area contributed by atoms with E-state index in [4.69, 9.17) is 4.74 Å². The third-order valence-corrected chi connectivity index (χ3v) is 10.8. The van der Waals surface area contributed by atoms with Crippen molar-refractivity contribution >= 4 is 11.4 Å². The zero-order valence-electron chi connectivity index (χ0n) is 26.3. The molecule has 2 fully saturated rings. The lowest BCUT2D eigenvalue weighted by molar-refractivity contribution is -0.383. The van der Waals surface area contributed by atoms with Crippen molar-refractivity contribution in [3.63, 3.8) is 0 Å². The summed E-state index contributed by atoms with van der Waals surface area (Å²) in [5.41, 5.74) is 8.55. The Kier molecular flexibility index (Phi) is 8.36. The molecular formula is C37H47N3O3. The molecule has 3 aliphatic rings. The van der Waals surface area contributed by atoms with E-state index in [1.807, 2.05) is 18.2 Å². The number of hydrogen-bond acceptors (Lipinski definition) is 5. The van der Waals surface area contributed by atoms with Gasteiger partial charge < -0.3 is 10.1 Å². The second-order valence-corrected chi connectivity index (χ2v) is 14.0. The van der Waals surface area contributed by atoms with Crippen molar-refractivity contribution in [2.45, 2.75) is 77.7 Å². The number of nitrogens with one attached hydrogen (secondary N) is 1. The maximum atomic E-state index is 12.3. The van der Waals surface area contributed by atoms with Crippen molar-refractivity contribution in [1.82, 2.24) is 4.90 Å². The molecule has 1 aliphatic heterocycles. The fourth-order valence-corrected chi connectivity index (χ4v) is 8.39. The molecule has 6 rings (SSSR count). The number of morpholine rings is 1. The highest BCUT2D eigenvalue weighted by atomic mass is 16.6. The Bertz CT molecular complexity index is 1480. The van der Waals surface area contributed by atoms with Gasteiger partial charge in [-0.3, -0.25) is 15.0 Å². The van der Waals surface area contributed by atoms with Crippen LogP contribution in [0.2, 0.25) is 0 Å². The molecule has 1 heterocycles. The molecule has 3 aromatic carbocycles. The maximum Gasteiger partial charge on any atom is 0.292 e. The lowest BCUT2D eigenvalue weighted by Crippen LogP contribution is -2.51. The van der Waals surface area contributed by atoms with Crippen molar-refractivity contribution in [3.05, 3.63) is 93.0 Å². The molecule has 0 unspecified atom stereocenters. The molecular weight excluding hydrogens is 534 g/mol. The number of hydrogen-bond donors (Lipinski definition) is 1. The average Bonchev–Trinajstić information content (AvgIpc) is 3.00. The molecule has 0 aromatic heterocycles. The van der Waals surface area contributed by atoms with Gasteiger partial charge in [-0.05, 0) is 93.9 Å². The van der Waals surface area contributed by atoms with Gasteiger partial charge in [0.1, 0.15) is 5.69 Å². The van der Waals surface area contributed by atoms with Crippen LogP contribution in [0.3, 0.4) is 0 Å². The van der Waals surface area contributed by atoms with Gasteiger partial charge in [-0.1, -0.05) is 76.6 Å². The molecule has 228 valence electrons. The first-order valence-electron chi connectivity index (χ1n) is 16.2. The maximum absolute atomic E-state index is 12.3. The van der Waals surface area contributed by atoms with Gasteiger partial charge in [0, 0.05) is 32.2 Å². The zero-order chi connectivity index (χ0) is 30.2. The lowest BCUT2D eigenvalue weighted by atomic mass is 9.49. The van der Waals surface area contributed by atoms with Gasteiger partial charge in [-0.2, -0.15) is 0 Å². The molecule has 3 atom stereocenters. The summed E-state index contributed by atoms with van der Waals surface area (Å²) in [6.07, 6.45) is 5.82. The van der Waals surface area contributed by atoms with Crippen molar-refractivity contribution in [2.24, 2.45) is 11.3 Å². The molecule has 0 amide bonds.